The molecule has 8 heteroatoms. The number of carbonyl (C=O) groups is 1. The summed E-state index contributed by atoms with van der Waals surface area (Å²) in [6.07, 6.45) is 1.42. The van der Waals surface area contributed by atoms with Crippen molar-refractivity contribution in [1.29, 1.82) is 0 Å². The molecule has 1 fully saturated rings. The van der Waals surface area contributed by atoms with Crippen LogP contribution in [0, 0.1) is 0 Å². The fourth-order valence-corrected chi connectivity index (χ4v) is 4.06. The molecule has 2 heterocycles. The van der Waals surface area contributed by atoms with Gasteiger partial charge in [-0.2, -0.15) is 4.31 Å². The lowest BCUT2D eigenvalue weighted by atomic mass is 10.0. The van der Waals surface area contributed by atoms with Crippen LogP contribution in [-0.2, 0) is 14.8 Å². The molecule has 7 nitrogen and oxygen atoms in total. The third-order valence-corrected chi connectivity index (χ3v) is 5.39. The third-order valence-electron chi connectivity index (χ3n) is 3.35. The fraction of sp³-hybridized carbons (Fsp3) is 0.500. The smallest absolute Gasteiger partial charge is 0.263 e. The highest BCUT2D eigenvalue weighted by molar-refractivity contribution is 7.89. The van der Waals surface area contributed by atoms with Gasteiger partial charge in [-0.3, -0.25) is 4.79 Å². The van der Waals surface area contributed by atoms with Gasteiger partial charge in [-0.15, -0.1) is 0 Å². The first-order chi connectivity index (χ1) is 9.31. The molecule has 1 aliphatic rings. The second-order valence-corrected chi connectivity index (χ2v) is 6.78. The van der Waals surface area contributed by atoms with Crippen molar-refractivity contribution in [3.05, 3.63) is 18.3 Å². The number of piperazine rings is 1. The van der Waals surface area contributed by atoms with Crippen LogP contribution in [0.2, 0.25) is 0 Å². The van der Waals surface area contributed by atoms with Crippen LogP contribution in [0.3, 0.4) is 0 Å². The van der Waals surface area contributed by atoms with Crippen molar-refractivity contribution >= 4 is 21.6 Å². The van der Waals surface area contributed by atoms with E-state index in [0.29, 0.717) is 12.2 Å². The molecule has 0 atom stereocenters. The van der Waals surface area contributed by atoms with Gasteiger partial charge in [0.1, 0.15) is 5.54 Å². The molecular weight excluding hydrogens is 280 g/mol. The molecule has 0 unspecified atom stereocenters. The number of carbonyl (C=O) groups excluding carboxylic acids is 1. The van der Waals surface area contributed by atoms with Crippen LogP contribution >= 0.6 is 0 Å². The monoisotopic (exact) mass is 298 g/mol. The molecule has 110 valence electrons. The lowest BCUT2D eigenvalue weighted by Crippen LogP contribution is -2.63. The zero-order valence-corrected chi connectivity index (χ0v) is 12.5. The molecule has 1 aromatic heterocycles. The minimum absolute atomic E-state index is 0.0646. The summed E-state index contributed by atoms with van der Waals surface area (Å²) in [6, 6.07) is 3.29. The van der Waals surface area contributed by atoms with E-state index in [-0.39, 0.29) is 17.5 Å². The van der Waals surface area contributed by atoms with Gasteiger partial charge < -0.3 is 10.6 Å². The Morgan fingerprint density at radius 1 is 1.45 bits per heavy atom. The number of rotatable bonds is 3. The maximum Gasteiger partial charge on any atom is 0.263 e. The predicted octanol–water partition coefficient (Wildman–Crippen LogP) is 0.0224. The Morgan fingerprint density at radius 3 is 2.80 bits per heavy atom. The molecule has 0 aliphatic carbocycles. The summed E-state index contributed by atoms with van der Waals surface area (Å²) in [5.41, 5.74) is -0.728. The van der Waals surface area contributed by atoms with Gasteiger partial charge >= 0.3 is 0 Å². The minimum Gasteiger partial charge on any atom is -0.386 e. The number of pyridine rings is 1. The van der Waals surface area contributed by atoms with Crippen LogP contribution < -0.4 is 10.6 Å². The second kappa shape index (κ2) is 5.02. The quantitative estimate of drug-likeness (QED) is 0.821. The van der Waals surface area contributed by atoms with Crippen molar-refractivity contribution in [2.24, 2.45) is 0 Å². The van der Waals surface area contributed by atoms with Crippen LogP contribution in [-0.4, -0.2) is 49.3 Å². The van der Waals surface area contributed by atoms with Gasteiger partial charge in [-0.05, 0) is 26.0 Å². The highest BCUT2D eigenvalue weighted by Gasteiger charge is 2.45. The van der Waals surface area contributed by atoms with E-state index in [9.17, 15) is 13.2 Å². The van der Waals surface area contributed by atoms with Crippen LogP contribution in [0.15, 0.2) is 23.4 Å². The number of aromatic nitrogens is 1. The van der Waals surface area contributed by atoms with Gasteiger partial charge in [0.2, 0.25) is 5.91 Å². The molecule has 0 spiro atoms. The van der Waals surface area contributed by atoms with Crippen LogP contribution in [0.25, 0.3) is 0 Å². The Bertz CT molecular complexity index is 627. The van der Waals surface area contributed by atoms with Crippen molar-refractivity contribution in [2.75, 3.05) is 25.5 Å². The fourth-order valence-electron chi connectivity index (χ4n) is 2.19. The van der Waals surface area contributed by atoms with Gasteiger partial charge in [-0.25, -0.2) is 13.4 Å². The van der Waals surface area contributed by atoms with Crippen molar-refractivity contribution in [1.82, 2.24) is 14.6 Å². The summed E-state index contributed by atoms with van der Waals surface area (Å²) in [7, 11) is -2.22. The molecule has 1 amide bonds. The third kappa shape index (κ3) is 2.25. The van der Waals surface area contributed by atoms with E-state index in [0.717, 1.165) is 0 Å². The maximum atomic E-state index is 12.8. The molecule has 0 bridgehead atoms. The van der Waals surface area contributed by atoms with Crippen molar-refractivity contribution < 1.29 is 13.2 Å². The number of hydrogen-bond donors (Lipinski definition) is 2. The van der Waals surface area contributed by atoms with Crippen molar-refractivity contribution in [3.63, 3.8) is 0 Å². The van der Waals surface area contributed by atoms with Gasteiger partial charge in [0.05, 0.1) is 5.69 Å². The summed E-state index contributed by atoms with van der Waals surface area (Å²) in [5.74, 6) is -0.311. The molecule has 0 saturated carbocycles. The standard InChI is InChI=1S/C12H18N4O3S/c1-12(2)11(17)15-7-8-16(12)20(18,19)10-9(13-3)5-4-6-14-10/h4-6,13H,7-8H2,1-3H3,(H,15,17). The van der Waals surface area contributed by atoms with Gasteiger partial charge in [0, 0.05) is 26.3 Å². The zero-order valence-electron chi connectivity index (χ0n) is 11.7. The number of nitrogens with zero attached hydrogens (tertiary/aromatic N) is 2. The normalized spacial score (nSPS) is 19.4. The number of hydrogen-bond acceptors (Lipinski definition) is 5. The molecule has 0 radical (unpaired) electrons. The Hall–Kier alpha value is -1.67. The van der Waals surface area contributed by atoms with E-state index >= 15 is 0 Å². The molecule has 2 rings (SSSR count). The average molecular weight is 298 g/mol. The van der Waals surface area contributed by atoms with Gasteiger partial charge in [-0.1, -0.05) is 0 Å². The topological polar surface area (TPSA) is 91.4 Å². The summed E-state index contributed by atoms with van der Waals surface area (Å²) in [5, 5.41) is 5.42. The lowest BCUT2D eigenvalue weighted by Gasteiger charge is -2.39. The first kappa shape index (κ1) is 14.7. The predicted molar refractivity (Wildman–Crippen MR) is 74.8 cm³/mol. The van der Waals surface area contributed by atoms with E-state index in [1.54, 1.807) is 33.0 Å². The maximum absolute atomic E-state index is 12.8. The SMILES string of the molecule is CNc1cccnc1S(=O)(=O)N1CCNC(=O)C1(C)C. The summed E-state index contributed by atoms with van der Waals surface area (Å²) < 4.78 is 26.7. The molecule has 1 aromatic rings. The molecule has 2 N–H and O–H groups in total. The molecular formula is C12H18N4O3S. The van der Waals surface area contributed by atoms with Crippen LogP contribution in [0.4, 0.5) is 5.69 Å². The number of amides is 1. The Morgan fingerprint density at radius 2 is 2.15 bits per heavy atom. The van der Waals surface area contributed by atoms with E-state index in [4.69, 9.17) is 0 Å². The molecule has 0 aromatic carbocycles. The molecule has 1 aliphatic heterocycles. The minimum atomic E-state index is -3.85. The zero-order chi connectivity index (χ0) is 15.0. The first-order valence-electron chi connectivity index (χ1n) is 6.25. The second-order valence-electron chi connectivity index (χ2n) is 5.00. The molecule has 1 saturated heterocycles. The van der Waals surface area contributed by atoms with E-state index in [2.05, 4.69) is 15.6 Å². The number of anilines is 1. The van der Waals surface area contributed by atoms with E-state index in [1.807, 2.05) is 0 Å². The molecule has 20 heavy (non-hydrogen) atoms. The lowest BCUT2D eigenvalue weighted by molar-refractivity contribution is -0.131. The highest BCUT2D eigenvalue weighted by atomic mass is 32.2. The largest absolute Gasteiger partial charge is 0.386 e. The van der Waals surface area contributed by atoms with Crippen LogP contribution in [0.5, 0.6) is 0 Å². The Balaban J connectivity index is 2.52. The Kier molecular flexibility index (Phi) is 3.70. The summed E-state index contributed by atoms with van der Waals surface area (Å²) in [4.78, 5) is 15.9. The van der Waals surface area contributed by atoms with Gasteiger partial charge in [0.25, 0.3) is 10.0 Å². The Labute approximate surface area is 118 Å². The number of sulfonamides is 1. The first-order valence-corrected chi connectivity index (χ1v) is 7.69. The van der Waals surface area contributed by atoms with Crippen LogP contribution in [0.1, 0.15) is 13.8 Å². The summed E-state index contributed by atoms with van der Waals surface area (Å²) in [6.45, 7) is 3.69. The highest BCUT2D eigenvalue weighted by Crippen LogP contribution is 2.28. The number of nitrogens with one attached hydrogen (secondary N) is 2. The van der Waals surface area contributed by atoms with Crippen molar-refractivity contribution in [3.8, 4) is 0 Å². The average Bonchev–Trinajstić information content (AvgIpc) is 2.41. The summed E-state index contributed by atoms with van der Waals surface area (Å²) >= 11 is 0. The van der Waals surface area contributed by atoms with Crippen molar-refractivity contribution in [2.45, 2.75) is 24.4 Å². The van der Waals surface area contributed by atoms with E-state index < -0.39 is 15.6 Å². The van der Waals surface area contributed by atoms with Gasteiger partial charge in [0.15, 0.2) is 5.03 Å². The van der Waals surface area contributed by atoms with E-state index in [1.165, 1.54) is 10.5 Å².